The van der Waals surface area contributed by atoms with Crippen LogP contribution in [0.4, 0.5) is 0 Å². The van der Waals surface area contributed by atoms with Gasteiger partial charge in [0.1, 0.15) is 4.32 Å². The van der Waals surface area contributed by atoms with E-state index in [4.69, 9.17) is 21.7 Å². The number of rotatable bonds is 5. The molecule has 3 rings (SSSR count). The van der Waals surface area contributed by atoms with Crippen molar-refractivity contribution in [2.24, 2.45) is 0 Å². The first-order chi connectivity index (χ1) is 12.6. The van der Waals surface area contributed by atoms with Crippen LogP contribution in [0, 0.1) is 0 Å². The summed E-state index contributed by atoms with van der Waals surface area (Å²) in [6, 6.07) is 13.8. The molecule has 0 radical (unpaired) electrons. The zero-order valence-corrected chi connectivity index (χ0v) is 15.5. The summed E-state index contributed by atoms with van der Waals surface area (Å²) in [7, 11) is 0. The Morgan fingerprint density at radius 3 is 2.62 bits per heavy atom. The van der Waals surface area contributed by atoms with Gasteiger partial charge in [-0.05, 0) is 42.8 Å². The van der Waals surface area contributed by atoms with Gasteiger partial charge in [-0.25, -0.2) is 4.79 Å². The number of hydrogen-bond donors (Lipinski definition) is 1. The highest BCUT2D eigenvalue weighted by atomic mass is 32.2. The zero-order valence-electron chi connectivity index (χ0n) is 13.9. The maximum absolute atomic E-state index is 12.3. The zero-order chi connectivity index (χ0) is 18.5. The van der Waals surface area contributed by atoms with Crippen LogP contribution >= 0.6 is 24.0 Å². The SMILES string of the molecule is CCOc1cc(/C=C2/SC(=S)NC2=O)ccc1OC(=O)c1ccccc1. The van der Waals surface area contributed by atoms with Crippen LogP contribution < -0.4 is 14.8 Å². The summed E-state index contributed by atoms with van der Waals surface area (Å²) in [6.45, 7) is 2.25. The van der Waals surface area contributed by atoms with Crippen molar-refractivity contribution in [1.82, 2.24) is 5.32 Å². The monoisotopic (exact) mass is 385 g/mol. The van der Waals surface area contributed by atoms with E-state index in [9.17, 15) is 9.59 Å². The molecule has 1 fully saturated rings. The second kappa shape index (κ2) is 8.16. The summed E-state index contributed by atoms with van der Waals surface area (Å²) in [4.78, 5) is 24.5. The van der Waals surface area contributed by atoms with Crippen molar-refractivity contribution in [3.8, 4) is 11.5 Å². The van der Waals surface area contributed by atoms with E-state index in [0.29, 0.717) is 32.9 Å². The number of carbonyl (C=O) groups is 2. The summed E-state index contributed by atoms with van der Waals surface area (Å²) in [6.07, 6.45) is 1.71. The maximum Gasteiger partial charge on any atom is 0.343 e. The Bertz CT molecular complexity index is 894. The molecule has 0 aliphatic carbocycles. The van der Waals surface area contributed by atoms with Gasteiger partial charge in [-0.15, -0.1) is 0 Å². The Morgan fingerprint density at radius 1 is 1.19 bits per heavy atom. The Hall–Kier alpha value is -2.64. The third-order valence-corrected chi connectivity index (χ3v) is 4.58. The number of esters is 1. The fraction of sp³-hybridized carbons (Fsp3) is 0.105. The molecule has 1 amide bonds. The van der Waals surface area contributed by atoms with E-state index < -0.39 is 5.97 Å². The van der Waals surface area contributed by atoms with Crippen LogP contribution in [0.2, 0.25) is 0 Å². The lowest BCUT2D eigenvalue weighted by Gasteiger charge is -2.11. The average Bonchev–Trinajstić information content (AvgIpc) is 2.95. The van der Waals surface area contributed by atoms with Gasteiger partial charge < -0.3 is 14.8 Å². The van der Waals surface area contributed by atoms with Gasteiger partial charge in [0.05, 0.1) is 17.1 Å². The molecule has 5 nitrogen and oxygen atoms in total. The molecule has 0 saturated carbocycles. The number of hydrogen-bond acceptors (Lipinski definition) is 6. The van der Waals surface area contributed by atoms with Gasteiger partial charge in [0.25, 0.3) is 5.91 Å². The van der Waals surface area contributed by atoms with Gasteiger partial charge in [0.15, 0.2) is 11.5 Å². The topological polar surface area (TPSA) is 64.6 Å². The first-order valence-electron chi connectivity index (χ1n) is 7.85. The molecule has 1 saturated heterocycles. The van der Waals surface area contributed by atoms with E-state index in [0.717, 1.165) is 5.56 Å². The van der Waals surface area contributed by atoms with Crippen LogP contribution in [0.1, 0.15) is 22.8 Å². The minimum absolute atomic E-state index is 0.224. The van der Waals surface area contributed by atoms with Gasteiger partial charge in [-0.3, -0.25) is 4.79 Å². The predicted octanol–water partition coefficient (Wildman–Crippen LogP) is 3.79. The van der Waals surface area contributed by atoms with E-state index in [1.54, 1.807) is 48.5 Å². The van der Waals surface area contributed by atoms with Crippen LogP contribution in [0.15, 0.2) is 53.4 Å². The normalized spacial score (nSPS) is 15.0. The molecule has 0 aromatic heterocycles. The summed E-state index contributed by atoms with van der Waals surface area (Å²) in [5.41, 5.74) is 1.20. The Labute approximate surface area is 160 Å². The van der Waals surface area contributed by atoms with E-state index in [2.05, 4.69) is 5.32 Å². The number of ether oxygens (including phenoxy) is 2. The third kappa shape index (κ3) is 4.30. The molecule has 1 aliphatic heterocycles. The Kier molecular flexibility index (Phi) is 5.70. The lowest BCUT2D eigenvalue weighted by Crippen LogP contribution is -2.17. The minimum Gasteiger partial charge on any atom is -0.490 e. The molecule has 0 unspecified atom stereocenters. The van der Waals surface area contributed by atoms with Gasteiger partial charge in [0, 0.05) is 0 Å². The largest absolute Gasteiger partial charge is 0.490 e. The summed E-state index contributed by atoms with van der Waals surface area (Å²) >= 11 is 6.19. The Balaban J connectivity index is 1.85. The fourth-order valence-corrected chi connectivity index (χ4v) is 3.32. The number of benzene rings is 2. The molecule has 1 N–H and O–H groups in total. The van der Waals surface area contributed by atoms with Gasteiger partial charge in [0.2, 0.25) is 0 Å². The molecular weight excluding hydrogens is 370 g/mol. The standard InChI is InChI=1S/C19H15NO4S2/c1-2-23-15-10-12(11-16-17(21)20-19(25)26-16)8-9-14(15)24-18(22)13-6-4-3-5-7-13/h3-11H,2H2,1H3,(H,20,21,25)/b16-11+. The molecule has 0 spiro atoms. The van der Waals surface area contributed by atoms with Crippen LogP contribution in [-0.2, 0) is 4.79 Å². The number of carbonyl (C=O) groups excluding carboxylic acids is 2. The highest BCUT2D eigenvalue weighted by molar-refractivity contribution is 8.26. The van der Waals surface area contributed by atoms with E-state index in [-0.39, 0.29) is 5.91 Å². The summed E-state index contributed by atoms with van der Waals surface area (Å²) < 4.78 is 11.5. The third-order valence-electron chi connectivity index (χ3n) is 3.42. The predicted molar refractivity (Wildman–Crippen MR) is 105 cm³/mol. The number of thioether (sulfide) groups is 1. The first kappa shape index (κ1) is 18.2. The lowest BCUT2D eigenvalue weighted by molar-refractivity contribution is -0.115. The second-order valence-corrected chi connectivity index (χ2v) is 6.97. The molecule has 132 valence electrons. The lowest BCUT2D eigenvalue weighted by atomic mass is 10.1. The van der Waals surface area contributed by atoms with Crippen molar-refractivity contribution in [2.45, 2.75) is 6.92 Å². The van der Waals surface area contributed by atoms with E-state index >= 15 is 0 Å². The van der Waals surface area contributed by atoms with Crippen molar-refractivity contribution in [3.63, 3.8) is 0 Å². The molecule has 2 aromatic carbocycles. The highest BCUT2D eigenvalue weighted by Gasteiger charge is 2.22. The van der Waals surface area contributed by atoms with Crippen LogP contribution in [0.5, 0.6) is 11.5 Å². The number of thiocarbonyl (C=S) groups is 1. The molecule has 0 atom stereocenters. The smallest absolute Gasteiger partial charge is 0.343 e. The quantitative estimate of drug-likeness (QED) is 0.366. The van der Waals surface area contributed by atoms with Crippen LogP contribution in [0.3, 0.4) is 0 Å². The van der Waals surface area contributed by atoms with E-state index in [1.165, 1.54) is 11.8 Å². The highest BCUT2D eigenvalue weighted by Crippen LogP contribution is 2.32. The number of amides is 1. The van der Waals surface area contributed by atoms with Crippen molar-refractivity contribution < 1.29 is 19.1 Å². The van der Waals surface area contributed by atoms with Crippen molar-refractivity contribution in [1.29, 1.82) is 0 Å². The average molecular weight is 385 g/mol. The second-order valence-electron chi connectivity index (χ2n) is 5.25. The number of nitrogens with one attached hydrogen (secondary N) is 1. The maximum atomic E-state index is 12.3. The van der Waals surface area contributed by atoms with Gasteiger partial charge in [-0.1, -0.05) is 48.2 Å². The van der Waals surface area contributed by atoms with Gasteiger partial charge >= 0.3 is 5.97 Å². The van der Waals surface area contributed by atoms with Crippen LogP contribution in [-0.4, -0.2) is 22.8 Å². The molecular formula is C19H15NO4S2. The Morgan fingerprint density at radius 2 is 1.96 bits per heavy atom. The molecule has 1 heterocycles. The first-order valence-corrected chi connectivity index (χ1v) is 9.08. The molecule has 2 aromatic rings. The van der Waals surface area contributed by atoms with E-state index in [1.807, 2.05) is 13.0 Å². The molecule has 1 aliphatic rings. The van der Waals surface area contributed by atoms with Crippen molar-refractivity contribution >= 4 is 46.3 Å². The fourth-order valence-electron chi connectivity index (χ4n) is 2.27. The van der Waals surface area contributed by atoms with Gasteiger partial charge in [-0.2, -0.15) is 0 Å². The minimum atomic E-state index is -0.464. The summed E-state index contributed by atoms with van der Waals surface area (Å²) in [5.74, 6) is 0.0605. The van der Waals surface area contributed by atoms with Crippen LogP contribution in [0.25, 0.3) is 6.08 Å². The molecule has 0 bridgehead atoms. The molecule has 26 heavy (non-hydrogen) atoms. The summed E-state index contributed by atoms with van der Waals surface area (Å²) in [5, 5.41) is 2.57. The van der Waals surface area contributed by atoms with Crippen molar-refractivity contribution in [2.75, 3.05) is 6.61 Å². The molecule has 7 heteroatoms. The van der Waals surface area contributed by atoms with Crippen molar-refractivity contribution in [3.05, 3.63) is 64.6 Å².